The number of hydrogen-bond acceptors (Lipinski definition) is 6. The highest BCUT2D eigenvalue weighted by molar-refractivity contribution is 5.78. The van der Waals surface area contributed by atoms with Gasteiger partial charge in [-0.3, -0.25) is 9.59 Å². The summed E-state index contributed by atoms with van der Waals surface area (Å²) in [7, 11) is 0. The molecule has 2 rings (SSSR count). The predicted molar refractivity (Wildman–Crippen MR) is 63.7 cm³/mol. The van der Waals surface area contributed by atoms with Crippen LogP contribution in [0.15, 0.2) is 0 Å². The van der Waals surface area contributed by atoms with Gasteiger partial charge in [0.25, 0.3) is 0 Å². The molecule has 2 saturated heterocycles. The zero-order chi connectivity index (χ0) is 13.0. The number of hydrogen-bond donors (Lipinski definition) is 2. The Balaban J connectivity index is 1.71. The van der Waals surface area contributed by atoms with Gasteiger partial charge in [0.2, 0.25) is 6.29 Å². The van der Waals surface area contributed by atoms with Crippen molar-refractivity contribution in [3.05, 3.63) is 0 Å². The van der Waals surface area contributed by atoms with E-state index >= 15 is 0 Å². The van der Waals surface area contributed by atoms with Crippen LogP contribution in [-0.4, -0.2) is 43.4 Å². The maximum atomic E-state index is 11.7. The van der Waals surface area contributed by atoms with Crippen molar-refractivity contribution < 1.29 is 19.1 Å². The molecule has 0 spiro atoms. The molecule has 18 heavy (non-hydrogen) atoms. The molecule has 6 heteroatoms. The highest BCUT2D eigenvalue weighted by Crippen LogP contribution is 2.11. The van der Waals surface area contributed by atoms with E-state index in [0.29, 0.717) is 0 Å². The minimum absolute atomic E-state index is 0.254. The van der Waals surface area contributed by atoms with Crippen molar-refractivity contribution in [2.24, 2.45) is 0 Å². The summed E-state index contributed by atoms with van der Waals surface area (Å²) in [6, 6.07) is -0.508. The Morgan fingerprint density at radius 2 is 1.44 bits per heavy atom. The number of rotatable bonds is 4. The molecule has 0 saturated carbocycles. The number of nitrogens with one attached hydrogen (secondary N) is 2. The third kappa shape index (κ3) is 3.43. The normalized spacial score (nSPS) is 27.4. The van der Waals surface area contributed by atoms with Gasteiger partial charge in [-0.05, 0) is 38.8 Å². The van der Waals surface area contributed by atoms with E-state index in [1.54, 1.807) is 6.92 Å². The van der Waals surface area contributed by atoms with Crippen molar-refractivity contribution in [2.45, 2.75) is 51.0 Å². The van der Waals surface area contributed by atoms with Gasteiger partial charge in [-0.25, -0.2) is 0 Å². The lowest BCUT2D eigenvalue weighted by atomic mass is 10.2. The van der Waals surface area contributed by atoms with E-state index in [-0.39, 0.29) is 24.0 Å². The van der Waals surface area contributed by atoms with Gasteiger partial charge in [0, 0.05) is 6.92 Å². The van der Waals surface area contributed by atoms with Crippen LogP contribution in [0.5, 0.6) is 0 Å². The maximum Gasteiger partial charge on any atom is 0.326 e. The summed E-state index contributed by atoms with van der Waals surface area (Å²) >= 11 is 0. The molecule has 2 heterocycles. The molecule has 0 aliphatic carbocycles. The van der Waals surface area contributed by atoms with Gasteiger partial charge in [-0.2, -0.15) is 0 Å². The molecule has 0 radical (unpaired) electrons. The highest BCUT2D eigenvalue weighted by atomic mass is 16.7. The number of carbonyl (C=O) groups excluding carboxylic acids is 2. The summed E-state index contributed by atoms with van der Waals surface area (Å²) in [5.41, 5.74) is 0. The molecule has 2 aliphatic heterocycles. The van der Waals surface area contributed by atoms with Gasteiger partial charge in [0.1, 0.15) is 12.1 Å². The van der Waals surface area contributed by atoms with E-state index in [4.69, 9.17) is 9.47 Å². The second kappa shape index (κ2) is 6.15. The summed E-state index contributed by atoms with van der Waals surface area (Å²) in [4.78, 5) is 23.3. The lowest BCUT2D eigenvalue weighted by Gasteiger charge is -2.18. The molecule has 2 aliphatic rings. The van der Waals surface area contributed by atoms with E-state index in [2.05, 4.69) is 10.6 Å². The monoisotopic (exact) mass is 256 g/mol. The van der Waals surface area contributed by atoms with Crippen LogP contribution in [0.1, 0.15) is 32.6 Å². The average Bonchev–Trinajstić information content (AvgIpc) is 3.02. The second-order valence-electron chi connectivity index (χ2n) is 4.74. The van der Waals surface area contributed by atoms with Gasteiger partial charge in [0.15, 0.2) is 0 Å². The van der Waals surface area contributed by atoms with Gasteiger partial charge in [-0.15, -0.1) is 0 Å². The highest BCUT2D eigenvalue weighted by Gasteiger charge is 2.28. The summed E-state index contributed by atoms with van der Waals surface area (Å²) in [5, 5.41) is 6.09. The first-order valence-electron chi connectivity index (χ1n) is 6.54. The first-order chi connectivity index (χ1) is 8.66. The van der Waals surface area contributed by atoms with Crippen LogP contribution in [0, 0.1) is 0 Å². The fourth-order valence-corrected chi connectivity index (χ4v) is 2.29. The molecular weight excluding hydrogens is 236 g/mol. The molecule has 0 aromatic carbocycles. The Labute approximate surface area is 106 Å². The van der Waals surface area contributed by atoms with E-state index < -0.39 is 6.29 Å². The molecule has 0 amide bonds. The van der Waals surface area contributed by atoms with Crippen LogP contribution in [0.3, 0.4) is 0 Å². The SMILES string of the molecule is CC(OC(=O)[C@@H]1CCCN1)OC(=O)[C@@H]1CCCN1. The van der Waals surface area contributed by atoms with Crippen molar-refractivity contribution >= 4 is 11.9 Å². The van der Waals surface area contributed by atoms with E-state index in [0.717, 1.165) is 38.8 Å². The Kier molecular flexibility index (Phi) is 4.54. The topological polar surface area (TPSA) is 76.7 Å². The van der Waals surface area contributed by atoms with Crippen LogP contribution in [0.25, 0.3) is 0 Å². The Morgan fingerprint density at radius 3 is 1.78 bits per heavy atom. The van der Waals surface area contributed by atoms with Gasteiger partial charge in [-0.1, -0.05) is 0 Å². The van der Waals surface area contributed by atoms with Gasteiger partial charge in [0.05, 0.1) is 0 Å². The smallest absolute Gasteiger partial charge is 0.326 e. The quantitative estimate of drug-likeness (QED) is 0.541. The zero-order valence-electron chi connectivity index (χ0n) is 10.6. The van der Waals surface area contributed by atoms with Crippen molar-refractivity contribution in [1.29, 1.82) is 0 Å². The maximum absolute atomic E-state index is 11.7. The van der Waals surface area contributed by atoms with Crippen LogP contribution >= 0.6 is 0 Å². The summed E-state index contributed by atoms with van der Waals surface area (Å²) in [6.45, 7) is 3.24. The van der Waals surface area contributed by atoms with E-state index in [9.17, 15) is 9.59 Å². The molecule has 2 fully saturated rings. The largest absolute Gasteiger partial charge is 0.424 e. The van der Waals surface area contributed by atoms with E-state index in [1.165, 1.54) is 0 Å². The standard InChI is InChI=1S/C12H20N2O4/c1-8(17-11(15)9-4-2-6-13-9)18-12(16)10-5-3-7-14-10/h8-10,13-14H,2-7H2,1H3/t9-,10-/m0/s1. The van der Waals surface area contributed by atoms with Crippen molar-refractivity contribution in [3.8, 4) is 0 Å². The molecule has 0 bridgehead atoms. The lowest BCUT2D eigenvalue weighted by molar-refractivity contribution is -0.186. The first-order valence-corrected chi connectivity index (χ1v) is 6.54. The van der Waals surface area contributed by atoms with Crippen molar-refractivity contribution in [1.82, 2.24) is 10.6 Å². The molecule has 6 nitrogen and oxygen atoms in total. The number of esters is 2. The molecule has 102 valence electrons. The average molecular weight is 256 g/mol. The predicted octanol–water partition coefficient (Wildman–Crippen LogP) is -0.0772. The van der Waals surface area contributed by atoms with Crippen molar-refractivity contribution in [3.63, 3.8) is 0 Å². The Morgan fingerprint density at radius 1 is 1.00 bits per heavy atom. The van der Waals surface area contributed by atoms with E-state index in [1.807, 2.05) is 0 Å². The number of carbonyl (C=O) groups is 2. The zero-order valence-corrected chi connectivity index (χ0v) is 10.6. The molecular formula is C12H20N2O4. The van der Waals surface area contributed by atoms with Crippen LogP contribution < -0.4 is 10.6 Å². The fraction of sp³-hybridized carbons (Fsp3) is 0.833. The molecule has 0 aromatic heterocycles. The number of ether oxygens (including phenoxy) is 2. The van der Waals surface area contributed by atoms with Crippen molar-refractivity contribution in [2.75, 3.05) is 13.1 Å². The second-order valence-corrected chi connectivity index (χ2v) is 4.74. The van der Waals surface area contributed by atoms with Crippen LogP contribution in [0.2, 0.25) is 0 Å². The minimum atomic E-state index is -0.824. The first kappa shape index (κ1) is 13.3. The Hall–Kier alpha value is -1.14. The molecule has 2 N–H and O–H groups in total. The van der Waals surface area contributed by atoms with Crippen LogP contribution in [-0.2, 0) is 19.1 Å². The summed E-state index contributed by atoms with van der Waals surface area (Å²) < 4.78 is 10.2. The molecule has 0 unspecified atom stereocenters. The van der Waals surface area contributed by atoms with Gasteiger partial charge < -0.3 is 20.1 Å². The molecule has 0 aromatic rings. The molecule has 2 atom stereocenters. The van der Waals surface area contributed by atoms with Crippen LogP contribution in [0.4, 0.5) is 0 Å². The third-order valence-corrected chi connectivity index (χ3v) is 3.25. The fourth-order valence-electron chi connectivity index (χ4n) is 2.29. The third-order valence-electron chi connectivity index (χ3n) is 3.25. The Bertz CT molecular complexity index is 279. The minimum Gasteiger partial charge on any atom is -0.424 e. The van der Waals surface area contributed by atoms with Gasteiger partial charge >= 0.3 is 11.9 Å². The lowest BCUT2D eigenvalue weighted by Crippen LogP contribution is -2.38. The summed E-state index contributed by atoms with van der Waals surface area (Å²) in [6.07, 6.45) is 2.68. The summed E-state index contributed by atoms with van der Waals surface area (Å²) in [5.74, 6) is -0.681.